The van der Waals surface area contributed by atoms with Gasteiger partial charge in [-0.1, -0.05) is 26.7 Å². The fourth-order valence-electron chi connectivity index (χ4n) is 3.07. The van der Waals surface area contributed by atoms with Gasteiger partial charge in [-0.25, -0.2) is 4.98 Å². The van der Waals surface area contributed by atoms with Crippen molar-refractivity contribution >= 4 is 11.7 Å². The molecule has 1 amide bonds. The molecule has 20 heavy (non-hydrogen) atoms. The molecule has 0 unspecified atom stereocenters. The van der Waals surface area contributed by atoms with Gasteiger partial charge in [0, 0.05) is 17.8 Å². The average Bonchev–Trinajstić information content (AvgIpc) is 2.93. The normalized spacial score (nSPS) is 17.1. The summed E-state index contributed by atoms with van der Waals surface area (Å²) < 4.78 is 0. The number of rotatable bonds is 5. The number of carbonyl (C=O) groups excluding carboxylic acids is 1. The van der Waals surface area contributed by atoms with Gasteiger partial charge in [0.05, 0.1) is 0 Å². The van der Waals surface area contributed by atoms with Crippen molar-refractivity contribution in [2.24, 2.45) is 5.41 Å². The molecule has 1 aliphatic carbocycles. The highest BCUT2D eigenvalue weighted by molar-refractivity contribution is 5.94. The Morgan fingerprint density at radius 2 is 2.05 bits per heavy atom. The maximum Gasteiger partial charge on any atom is 0.251 e. The highest BCUT2D eigenvalue weighted by Crippen LogP contribution is 2.40. The highest BCUT2D eigenvalue weighted by atomic mass is 16.1. The maximum absolute atomic E-state index is 12.3. The second kappa shape index (κ2) is 6.25. The number of hydrogen-bond acceptors (Lipinski definition) is 3. The van der Waals surface area contributed by atoms with Crippen LogP contribution < -0.4 is 11.1 Å². The van der Waals surface area contributed by atoms with E-state index in [-0.39, 0.29) is 5.91 Å². The molecule has 1 fully saturated rings. The third-order valence-corrected chi connectivity index (χ3v) is 4.56. The molecular weight excluding hydrogens is 250 g/mol. The van der Waals surface area contributed by atoms with E-state index >= 15 is 0 Å². The lowest BCUT2D eigenvalue weighted by atomic mass is 9.83. The van der Waals surface area contributed by atoms with Gasteiger partial charge in [-0.05, 0) is 43.2 Å². The summed E-state index contributed by atoms with van der Waals surface area (Å²) in [5, 5.41) is 3.09. The standard InChI is InChI=1S/C16H25N3O/c1-3-13-9-12(10-14(17)19-13)15(20)18-11-16(4-2)7-5-6-8-16/h9-10H,3-8,11H2,1-2H3,(H2,17,19)(H,18,20). The van der Waals surface area contributed by atoms with Crippen LogP contribution in [0.15, 0.2) is 12.1 Å². The van der Waals surface area contributed by atoms with Gasteiger partial charge in [0.1, 0.15) is 5.82 Å². The van der Waals surface area contributed by atoms with Crippen molar-refractivity contribution in [3.8, 4) is 0 Å². The lowest BCUT2D eigenvalue weighted by molar-refractivity contribution is 0.0928. The summed E-state index contributed by atoms with van der Waals surface area (Å²) in [6.45, 7) is 5.00. The van der Waals surface area contributed by atoms with E-state index in [1.807, 2.05) is 13.0 Å². The first-order valence-corrected chi connectivity index (χ1v) is 7.63. The molecule has 1 aromatic heterocycles. The number of aryl methyl sites for hydroxylation is 1. The number of nitrogens with two attached hydrogens (primary N) is 1. The maximum atomic E-state index is 12.3. The van der Waals surface area contributed by atoms with E-state index in [0.29, 0.717) is 16.8 Å². The summed E-state index contributed by atoms with van der Waals surface area (Å²) in [7, 11) is 0. The second-order valence-corrected chi connectivity index (χ2v) is 5.87. The van der Waals surface area contributed by atoms with Crippen LogP contribution in [0.5, 0.6) is 0 Å². The number of anilines is 1. The van der Waals surface area contributed by atoms with Crippen LogP contribution in [-0.4, -0.2) is 17.4 Å². The predicted octanol–water partition coefficient (Wildman–Crippen LogP) is 2.93. The number of carbonyl (C=O) groups is 1. The largest absolute Gasteiger partial charge is 0.384 e. The molecule has 110 valence electrons. The summed E-state index contributed by atoms with van der Waals surface area (Å²) >= 11 is 0. The summed E-state index contributed by atoms with van der Waals surface area (Å²) in [6, 6.07) is 3.49. The molecule has 1 aromatic rings. The van der Waals surface area contributed by atoms with Crippen molar-refractivity contribution in [2.45, 2.75) is 52.4 Å². The molecule has 0 spiro atoms. The lowest BCUT2D eigenvalue weighted by Gasteiger charge is -2.27. The van der Waals surface area contributed by atoms with Crippen LogP contribution in [0.25, 0.3) is 0 Å². The third-order valence-electron chi connectivity index (χ3n) is 4.56. The van der Waals surface area contributed by atoms with Gasteiger partial charge in [-0.15, -0.1) is 0 Å². The van der Waals surface area contributed by atoms with Crippen molar-refractivity contribution in [2.75, 3.05) is 12.3 Å². The molecule has 0 bridgehead atoms. The molecule has 1 saturated carbocycles. The summed E-state index contributed by atoms with van der Waals surface area (Å²) in [4.78, 5) is 16.5. The summed E-state index contributed by atoms with van der Waals surface area (Å²) in [6.07, 6.45) is 6.93. The van der Waals surface area contributed by atoms with E-state index in [1.165, 1.54) is 25.7 Å². The Hall–Kier alpha value is -1.58. The van der Waals surface area contributed by atoms with E-state index in [1.54, 1.807) is 6.07 Å². The van der Waals surface area contributed by atoms with Gasteiger partial charge in [0.2, 0.25) is 0 Å². The van der Waals surface area contributed by atoms with Gasteiger partial charge in [-0.2, -0.15) is 0 Å². The number of aromatic nitrogens is 1. The van der Waals surface area contributed by atoms with Gasteiger partial charge >= 0.3 is 0 Å². The summed E-state index contributed by atoms with van der Waals surface area (Å²) in [5.74, 6) is 0.383. The Labute approximate surface area is 121 Å². The fraction of sp³-hybridized carbons (Fsp3) is 0.625. The molecule has 0 aliphatic heterocycles. The smallest absolute Gasteiger partial charge is 0.251 e. The van der Waals surface area contributed by atoms with E-state index < -0.39 is 0 Å². The lowest BCUT2D eigenvalue weighted by Crippen LogP contribution is -2.35. The Morgan fingerprint density at radius 3 is 2.65 bits per heavy atom. The Kier molecular flexibility index (Phi) is 4.63. The van der Waals surface area contributed by atoms with E-state index in [2.05, 4.69) is 17.2 Å². The molecule has 0 radical (unpaired) electrons. The molecule has 0 aromatic carbocycles. The van der Waals surface area contributed by atoms with Gasteiger partial charge in [0.15, 0.2) is 0 Å². The first-order chi connectivity index (χ1) is 9.58. The topological polar surface area (TPSA) is 68.0 Å². The first kappa shape index (κ1) is 14.8. The number of amides is 1. The van der Waals surface area contributed by atoms with Crippen molar-refractivity contribution < 1.29 is 4.79 Å². The molecular formula is C16H25N3O. The monoisotopic (exact) mass is 275 g/mol. The quantitative estimate of drug-likeness (QED) is 0.868. The van der Waals surface area contributed by atoms with Crippen LogP contribution >= 0.6 is 0 Å². The zero-order chi connectivity index (χ0) is 14.6. The Balaban J connectivity index is 2.03. The number of nitrogens with zero attached hydrogens (tertiary/aromatic N) is 1. The number of nitrogens with one attached hydrogen (secondary N) is 1. The van der Waals surface area contributed by atoms with Crippen LogP contribution in [0.2, 0.25) is 0 Å². The summed E-state index contributed by atoms with van der Waals surface area (Å²) in [5.41, 5.74) is 7.55. The van der Waals surface area contributed by atoms with Crippen molar-refractivity contribution in [3.63, 3.8) is 0 Å². The molecule has 1 aliphatic rings. The second-order valence-electron chi connectivity index (χ2n) is 5.87. The van der Waals surface area contributed by atoms with Crippen molar-refractivity contribution in [3.05, 3.63) is 23.4 Å². The van der Waals surface area contributed by atoms with Crippen molar-refractivity contribution in [1.82, 2.24) is 10.3 Å². The zero-order valence-corrected chi connectivity index (χ0v) is 12.5. The van der Waals surface area contributed by atoms with Gasteiger partial charge < -0.3 is 11.1 Å². The molecule has 3 N–H and O–H groups in total. The molecule has 1 heterocycles. The van der Waals surface area contributed by atoms with Gasteiger partial charge in [-0.3, -0.25) is 4.79 Å². The molecule has 0 atom stereocenters. The third kappa shape index (κ3) is 3.30. The number of hydrogen-bond donors (Lipinski definition) is 2. The molecule has 2 rings (SSSR count). The molecule has 0 saturated heterocycles. The molecule has 4 heteroatoms. The minimum absolute atomic E-state index is 0.0338. The van der Waals surface area contributed by atoms with Crippen LogP contribution in [-0.2, 0) is 6.42 Å². The Morgan fingerprint density at radius 1 is 1.35 bits per heavy atom. The van der Waals surface area contributed by atoms with Gasteiger partial charge in [0.25, 0.3) is 5.91 Å². The minimum atomic E-state index is -0.0338. The SMILES string of the molecule is CCc1cc(C(=O)NCC2(CC)CCCC2)cc(N)n1. The van der Waals surface area contributed by atoms with Crippen molar-refractivity contribution in [1.29, 1.82) is 0 Å². The average molecular weight is 275 g/mol. The number of pyridine rings is 1. The number of nitrogen functional groups attached to an aromatic ring is 1. The van der Waals surface area contributed by atoms with Crippen LogP contribution in [0.1, 0.15) is 62.0 Å². The Bertz CT molecular complexity index is 479. The van der Waals surface area contributed by atoms with Crippen LogP contribution in [0, 0.1) is 5.41 Å². The predicted molar refractivity (Wildman–Crippen MR) is 81.6 cm³/mol. The first-order valence-electron chi connectivity index (χ1n) is 7.63. The van der Waals surface area contributed by atoms with E-state index in [4.69, 9.17) is 5.73 Å². The van der Waals surface area contributed by atoms with Crippen LogP contribution in [0.4, 0.5) is 5.82 Å². The highest BCUT2D eigenvalue weighted by Gasteiger charge is 2.32. The molecule has 4 nitrogen and oxygen atoms in total. The van der Waals surface area contributed by atoms with Crippen LogP contribution in [0.3, 0.4) is 0 Å². The fourth-order valence-corrected chi connectivity index (χ4v) is 3.07. The van der Waals surface area contributed by atoms with E-state index in [0.717, 1.165) is 25.1 Å². The minimum Gasteiger partial charge on any atom is -0.384 e. The van der Waals surface area contributed by atoms with E-state index in [9.17, 15) is 4.79 Å². The zero-order valence-electron chi connectivity index (χ0n) is 12.5.